The number of nitrogens with zero attached hydrogens (tertiary/aromatic N) is 1. The highest BCUT2D eigenvalue weighted by atomic mass is 32.2. The van der Waals surface area contributed by atoms with E-state index in [1.54, 1.807) is 0 Å². The molecule has 0 aliphatic carbocycles. The minimum atomic E-state index is -0.119. The molecule has 0 aromatic heterocycles. The van der Waals surface area contributed by atoms with Crippen molar-refractivity contribution in [3.63, 3.8) is 0 Å². The fourth-order valence-electron chi connectivity index (χ4n) is 2.77. The molecule has 1 aliphatic rings. The zero-order valence-electron chi connectivity index (χ0n) is 15.2. The monoisotopic (exact) mass is 382 g/mol. The van der Waals surface area contributed by atoms with Crippen LogP contribution in [0.15, 0.2) is 53.4 Å². The second-order valence-corrected chi connectivity index (χ2v) is 8.41. The van der Waals surface area contributed by atoms with E-state index in [1.807, 2.05) is 18.2 Å². The van der Waals surface area contributed by atoms with E-state index in [0.29, 0.717) is 15.1 Å². The molecule has 1 saturated heterocycles. The van der Waals surface area contributed by atoms with Crippen LogP contribution in [0, 0.1) is 0 Å². The lowest BCUT2D eigenvalue weighted by Crippen LogP contribution is -2.17. The zero-order chi connectivity index (χ0) is 18.7. The normalized spacial score (nSPS) is 15.6. The third-order valence-corrected chi connectivity index (χ3v) is 5.50. The van der Waals surface area contributed by atoms with E-state index in [1.165, 1.54) is 22.9 Å². The first-order valence-corrected chi connectivity index (χ1v) is 9.80. The molecule has 3 rings (SSSR count). The van der Waals surface area contributed by atoms with Gasteiger partial charge in [0, 0.05) is 19.3 Å². The maximum absolute atomic E-state index is 11.7. The van der Waals surface area contributed by atoms with Gasteiger partial charge in [0.15, 0.2) is 0 Å². The topological polar surface area (TPSA) is 32.3 Å². The highest BCUT2D eigenvalue weighted by Gasteiger charge is 2.21. The smallest absolute Gasteiger partial charge is 0.263 e. The van der Waals surface area contributed by atoms with E-state index in [0.717, 1.165) is 17.8 Å². The number of rotatable bonds is 5. The Bertz CT molecular complexity index is 839. The first-order valence-electron chi connectivity index (χ1n) is 8.57. The summed E-state index contributed by atoms with van der Waals surface area (Å²) < 4.78 is 0.515. The summed E-state index contributed by atoms with van der Waals surface area (Å²) in [6.07, 6.45) is 1.87. The number of thioether (sulfide) groups is 1. The van der Waals surface area contributed by atoms with Gasteiger partial charge in [-0.2, -0.15) is 0 Å². The summed E-state index contributed by atoms with van der Waals surface area (Å²) in [5.74, 6) is 0.434. The molecule has 0 spiro atoms. The Balaban J connectivity index is 1.67. The van der Waals surface area contributed by atoms with Crippen LogP contribution in [0.5, 0.6) is 0 Å². The lowest BCUT2D eigenvalue weighted by Gasteiger charge is -2.20. The van der Waals surface area contributed by atoms with E-state index in [-0.39, 0.29) is 5.91 Å². The van der Waals surface area contributed by atoms with E-state index in [9.17, 15) is 4.79 Å². The number of benzene rings is 2. The molecule has 0 atom stereocenters. The maximum Gasteiger partial charge on any atom is 0.263 e. The lowest BCUT2D eigenvalue weighted by atomic mass is 10.0. The van der Waals surface area contributed by atoms with Gasteiger partial charge in [-0.3, -0.25) is 4.79 Å². The summed E-state index contributed by atoms with van der Waals surface area (Å²) in [6, 6.07) is 17.0. The van der Waals surface area contributed by atoms with Gasteiger partial charge in [0.05, 0.1) is 4.91 Å². The van der Waals surface area contributed by atoms with E-state index in [4.69, 9.17) is 12.2 Å². The van der Waals surface area contributed by atoms with Crippen LogP contribution in [-0.4, -0.2) is 17.3 Å². The fraction of sp³-hybridized carbons (Fsp3) is 0.238. The highest BCUT2D eigenvalue weighted by molar-refractivity contribution is 8.26. The molecule has 1 amide bonds. The number of nitrogens with one attached hydrogen (secondary N) is 1. The molecule has 0 saturated carbocycles. The van der Waals surface area contributed by atoms with Crippen molar-refractivity contribution in [3.8, 4) is 0 Å². The quantitative estimate of drug-likeness (QED) is 0.587. The van der Waals surface area contributed by atoms with Crippen molar-refractivity contribution in [1.82, 2.24) is 5.32 Å². The molecule has 2 aromatic rings. The Morgan fingerprint density at radius 2 is 1.77 bits per heavy atom. The Morgan fingerprint density at radius 3 is 2.31 bits per heavy atom. The first-order chi connectivity index (χ1) is 12.4. The summed E-state index contributed by atoms with van der Waals surface area (Å²) >= 11 is 6.32. The van der Waals surface area contributed by atoms with Gasteiger partial charge in [-0.25, -0.2) is 0 Å². The SMILES string of the molecule is CC(C)c1ccc(CN(C)c2ccc(C=C3SC(=S)NC3=O)cc2)cc1. The molecule has 5 heteroatoms. The number of hydrogen-bond donors (Lipinski definition) is 1. The average Bonchev–Trinajstić information content (AvgIpc) is 2.93. The molecule has 1 aliphatic heterocycles. The fourth-order valence-corrected chi connectivity index (χ4v) is 3.81. The Kier molecular flexibility index (Phi) is 5.79. The van der Waals surface area contributed by atoms with Crippen LogP contribution in [-0.2, 0) is 11.3 Å². The van der Waals surface area contributed by atoms with Gasteiger partial charge in [-0.05, 0) is 40.8 Å². The first kappa shape index (κ1) is 18.7. The van der Waals surface area contributed by atoms with Crippen molar-refractivity contribution in [2.45, 2.75) is 26.3 Å². The van der Waals surface area contributed by atoms with Crippen LogP contribution in [0.4, 0.5) is 5.69 Å². The van der Waals surface area contributed by atoms with Gasteiger partial charge in [0.1, 0.15) is 4.32 Å². The number of amides is 1. The van der Waals surface area contributed by atoms with Gasteiger partial charge in [0.2, 0.25) is 0 Å². The molecule has 1 heterocycles. The standard InChI is InChI=1S/C21H22N2OS2/c1-14(2)17-8-4-16(5-9-17)13-23(3)18-10-6-15(7-11-18)12-19-20(24)22-21(25)26-19/h4-12,14H,13H2,1-3H3,(H,22,24,25). The predicted octanol–water partition coefficient (Wildman–Crippen LogP) is 4.94. The van der Waals surface area contributed by atoms with E-state index in [2.05, 4.69) is 67.5 Å². The number of carbonyl (C=O) groups is 1. The van der Waals surface area contributed by atoms with Crippen LogP contribution >= 0.6 is 24.0 Å². The summed E-state index contributed by atoms with van der Waals surface area (Å²) in [4.78, 5) is 14.6. The summed E-state index contributed by atoms with van der Waals surface area (Å²) in [7, 11) is 2.09. The molecular weight excluding hydrogens is 360 g/mol. The molecule has 1 N–H and O–H groups in total. The summed E-state index contributed by atoms with van der Waals surface area (Å²) in [5.41, 5.74) is 4.78. The number of anilines is 1. The number of carbonyl (C=O) groups excluding carboxylic acids is 1. The van der Waals surface area contributed by atoms with Crippen LogP contribution in [0.3, 0.4) is 0 Å². The third kappa shape index (κ3) is 4.54. The molecule has 0 radical (unpaired) electrons. The van der Waals surface area contributed by atoms with Crippen molar-refractivity contribution >= 4 is 46.0 Å². The number of hydrogen-bond acceptors (Lipinski definition) is 4. The van der Waals surface area contributed by atoms with E-state index < -0.39 is 0 Å². The average molecular weight is 383 g/mol. The summed E-state index contributed by atoms with van der Waals surface area (Å²) in [5, 5.41) is 2.63. The molecule has 2 aromatic carbocycles. The second-order valence-electron chi connectivity index (χ2n) is 6.70. The van der Waals surface area contributed by atoms with Crippen molar-refractivity contribution in [3.05, 3.63) is 70.1 Å². The largest absolute Gasteiger partial charge is 0.370 e. The molecule has 1 fully saturated rings. The predicted molar refractivity (Wildman–Crippen MR) is 115 cm³/mol. The Morgan fingerprint density at radius 1 is 1.12 bits per heavy atom. The second kappa shape index (κ2) is 8.06. The zero-order valence-corrected chi connectivity index (χ0v) is 16.8. The van der Waals surface area contributed by atoms with Gasteiger partial charge in [-0.1, -0.05) is 74.2 Å². The molecule has 0 bridgehead atoms. The summed E-state index contributed by atoms with van der Waals surface area (Å²) in [6.45, 7) is 5.27. The van der Waals surface area contributed by atoms with Crippen molar-refractivity contribution in [1.29, 1.82) is 0 Å². The third-order valence-electron chi connectivity index (χ3n) is 4.34. The highest BCUT2D eigenvalue weighted by Crippen LogP contribution is 2.26. The minimum Gasteiger partial charge on any atom is -0.370 e. The van der Waals surface area contributed by atoms with Crippen LogP contribution in [0.1, 0.15) is 36.5 Å². The van der Waals surface area contributed by atoms with Gasteiger partial charge in [0.25, 0.3) is 5.91 Å². The minimum absolute atomic E-state index is 0.119. The van der Waals surface area contributed by atoms with Gasteiger partial charge in [-0.15, -0.1) is 0 Å². The molecule has 0 unspecified atom stereocenters. The van der Waals surface area contributed by atoms with Crippen molar-refractivity contribution in [2.24, 2.45) is 0 Å². The van der Waals surface area contributed by atoms with Crippen molar-refractivity contribution < 1.29 is 4.79 Å². The Hall–Kier alpha value is -2.11. The molecule has 3 nitrogen and oxygen atoms in total. The number of thiocarbonyl (C=S) groups is 1. The van der Waals surface area contributed by atoms with E-state index >= 15 is 0 Å². The van der Waals surface area contributed by atoms with Gasteiger partial charge < -0.3 is 10.2 Å². The molecule has 26 heavy (non-hydrogen) atoms. The Labute approximate surface area is 164 Å². The molecule has 134 valence electrons. The van der Waals surface area contributed by atoms with Crippen LogP contribution in [0.25, 0.3) is 6.08 Å². The lowest BCUT2D eigenvalue weighted by molar-refractivity contribution is -0.115. The van der Waals surface area contributed by atoms with Crippen LogP contribution < -0.4 is 10.2 Å². The maximum atomic E-state index is 11.7. The van der Waals surface area contributed by atoms with Gasteiger partial charge >= 0.3 is 0 Å². The molecular formula is C21H22N2OS2. The van der Waals surface area contributed by atoms with Crippen LogP contribution in [0.2, 0.25) is 0 Å². The van der Waals surface area contributed by atoms with Crippen molar-refractivity contribution in [2.75, 3.05) is 11.9 Å².